The number of unbranched alkanes of at least 4 members (excludes halogenated alkanes) is 1. The molecule has 0 aliphatic rings. The van der Waals surface area contributed by atoms with E-state index in [4.69, 9.17) is 16.3 Å². The van der Waals surface area contributed by atoms with Crippen LogP contribution in [0.2, 0.25) is 5.02 Å². The van der Waals surface area contributed by atoms with Gasteiger partial charge in [-0.1, -0.05) is 11.6 Å². The number of nitrogens with one attached hydrogen (secondary N) is 1. The highest BCUT2D eigenvalue weighted by molar-refractivity contribution is 6.31. The van der Waals surface area contributed by atoms with Gasteiger partial charge in [-0.05, 0) is 44.6 Å². The zero-order valence-corrected chi connectivity index (χ0v) is 12.6. The Hall–Kier alpha value is -0.970. The van der Waals surface area contributed by atoms with E-state index in [0.29, 0.717) is 22.9 Å². The van der Waals surface area contributed by atoms with Crippen LogP contribution in [0.5, 0.6) is 5.75 Å². The van der Waals surface area contributed by atoms with Crippen LogP contribution in [-0.2, 0) is 4.74 Å². The molecule has 0 heterocycles. The van der Waals surface area contributed by atoms with E-state index in [1.54, 1.807) is 18.2 Å². The molecule has 1 rings (SSSR count). The van der Waals surface area contributed by atoms with Crippen molar-refractivity contribution in [2.75, 3.05) is 27.3 Å². The average Bonchev–Trinajstić information content (AvgIpc) is 2.39. The molecule has 19 heavy (non-hydrogen) atoms. The summed E-state index contributed by atoms with van der Waals surface area (Å²) in [6, 6.07) is 4.93. The van der Waals surface area contributed by atoms with Crippen molar-refractivity contribution < 1.29 is 14.3 Å². The molecule has 1 aromatic carbocycles. The number of hydrogen-bond acceptors (Lipinski definition) is 4. The second-order valence-electron chi connectivity index (χ2n) is 3.79. The number of esters is 1. The lowest BCUT2D eigenvalue weighted by Crippen LogP contribution is -2.10. The van der Waals surface area contributed by atoms with Crippen molar-refractivity contribution >= 4 is 30.0 Å². The fourth-order valence-corrected chi connectivity index (χ4v) is 1.66. The highest BCUT2D eigenvalue weighted by atomic mass is 35.5. The zero-order chi connectivity index (χ0) is 13.4. The molecule has 0 aromatic heterocycles. The summed E-state index contributed by atoms with van der Waals surface area (Å²) in [4.78, 5) is 11.6. The van der Waals surface area contributed by atoms with Gasteiger partial charge >= 0.3 is 5.97 Å². The smallest absolute Gasteiger partial charge is 0.341 e. The first kappa shape index (κ1) is 18.0. The van der Waals surface area contributed by atoms with Crippen LogP contribution in [0.15, 0.2) is 18.2 Å². The van der Waals surface area contributed by atoms with Crippen molar-refractivity contribution in [3.63, 3.8) is 0 Å². The first-order chi connectivity index (χ1) is 8.69. The van der Waals surface area contributed by atoms with Gasteiger partial charge in [0.2, 0.25) is 0 Å². The third-order valence-corrected chi connectivity index (χ3v) is 2.66. The molecule has 1 aromatic rings. The Labute approximate surface area is 124 Å². The first-order valence-corrected chi connectivity index (χ1v) is 6.22. The largest absolute Gasteiger partial charge is 0.493 e. The second-order valence-corrected chi connectivity index (χ2v) is 4.23. The maximum Gasteiger partial charge on any atom is 0.341 e. The molecule has 0 fully saturated rings. The van der Waals surface area contributed by atoms with E-state index in [1.807, 2.05) is 7.05 Å². The highest BCUT2D eigenvalue weighted by Gasteiger charge is 2.13. The molecule has 0 saturated heterocycles. The molecule has 0 atom stereocenters. The van der Waals surface area contributed by atoms with Crippen LogP contribution in [0.1, 0.15) is 23.2 Å². The van der Waals surface area contributed by atoms with Crippen LogP contribution in [0, 0.1) is 0 Å². The van der Waals surface area contributed by atoms with Gasteiger partial charge in [-0.25, -0.2) is 4.79 Å². The average molecular weight is 308 g/mol. The van der Waals surface area contributed by atoms with Crippen LogP contribution in [-0.4, -0.2) is 33.3 Å². The minimum Gasteiger partial charge on any atom is -0.493 e. The third-order valence-electron chi connectivity index (χ3n) is 2.43. The van der Waals surface area contributed by atoms with E-state index >= 15 is 0 Å². The number of rotatable bonds is 7. The van der Waals surface area contributed by atoms with Crippen LogP contribution in [0.25, 0.3) is 0 Å². The van der Waals surface area contributed by atoms with Crippen LogP contribution < -0.4 is 10.1 Å². The van der Waals surface area contributed by atoms with Crippen LogP contribution >= 0.6 is 24.0 Å². The van der Waals surface area contributed by atoms with Crippen molar-refractivity contribution in [1.29, 1.82) is 0 Å². The van der Waals surface area contributed by atoms with Gasteiger partial charge in [0, 0.05) is 5.02 Å². The van der Waals surface area contributed by atoms with Gasteiger partial charge in [0.25, 0.3) is 0 Å². The predicted molar refractivity (Wildman–Crippen MR) is 78.7 cm³/mol. The lowest BCUT2D eigenvalue weighted by atomic mass is 10.2. The molecule has 0 aliphatic carbocycles. The number of hydrogen-bond donors (Lipinski definition) is 1. The van der Waals surface area contributed by atoms with E-state index in [1.165, 1.54) is 7.11 Å². The number of carbonyl (C=O) groups excluding carboxylic acids is 1. The standard InChI is InChI=1S/C13H18ClNO3.ClH/c1-15-7-3-4-8-18-12-6-5-10(14)9-11(12)13(16)17-2;/h5-6,9,15H,3-4,7-8H2,1-2H3;1H. The number of carbonyl (C=O) groups is 1. The molecular weight excluding hydrogens is 289 g/mol. The van der Waals surface area contributed by atoms with Gasteiger partial charge in [-0.15, -0.1) is 12.4 Å². The van der Waals surface area contributed by atoms with Gasteiger partial charge in [0.1, 0.15) is 11.3 Å². The van der Waals surface area contributed by atoms with Crippen molar-refractivity contribution in [3.05, 3.63) is 28.8 Å². The lowest BCUT2D eigenvalue weighted by molar-refractivity contribution is 0.0596. The number of benzene rings is 1. The second kappa shape index (κ2) is 9.89. The van der Waals surface area contributed by atoms with Gasteiger partial charge in [0.05, 0.1) is 13.7 Å². The summed E-state index contributed by atoms with van der Waals surface area (Å²) in [6.45, 7) is 1.52. The van der Waals surface area contributed by atoms with Crippen molar-refractivity contribution in [2.45, 2.75) is 12.8 Å². The quantitative estimate of drug-likeness (QED) is 0.621. The summed E-state index contributed by atoms with van der Waals surface area (Å²) >= 11 is 5.85. The van der Waals surface area contributed by atoms with Gasteiger partial charge in [-0.3, -0.25) is 0 Å². The van der Waals surface area contributed by atoms with Crippen molar-refractivity contribution in [1.82, 2.24) is 5.32 Å². The van der Waals surface area contributed by atoms with E-state index in [-0.39, 0.29) is 12.4 Å². The molecule has 0 saturated carbocycles. The highest BCUT2D eigenvalue weighted by Crippen LogP contribution is 2.23. The number of methoxy groups -OCH3 is 1. The van der Waals surface area contributed by atoms with Crippen molar-refractivity contribution in [2.24, 2.45) is 0 Å². The Bertz CT molecular complexity index is 399. The normalized spacial score (nSPS) is 9.63. The summed E-state index contributed by atoms with van der Waals surface area (Å²) in [5.74, 6) is 0.0680. The van der Waals surface area contributed by atoms with E-state index in [0.717, 1.165) is 19.4 Å². The summed E-state index contributed by atoms with van der Waals surface area (Å²) in [5.41, 5.74) is 0.360. The Kier molecular flexibility index (Phi) is 9.39. The molecule has 0 amide bonds. The Morgan fingerprint density at radius 3 is 2.74 bits per heavy atom. The number of halogens is 2. The molecule has 108 valence electrons. The first-order valence-electron chi connectivity index (χ1n) is 5.84. The SMILES string of the molecule is CNCCCCOc1ccc(Cl)cc1C(=O)OC.Cl. The summed E-state index contributed by atoms with van der Waals surface area (Å²) in [7, 11) is 3.25. The summed E-state index contributed by atoms with van der Waals surface area (Å²) in [6.07, 6.45) is 1.95. The minimum absolute atomic E-state index is 0. The fraction of sp³-hybridized carbons (Fsp3) is 0.462. The Morgan fingerprint density at radius 1 is 1.37 bits per heavy atom. The zero-order valence-electron chi connectivity index (χ0n) is 11.1. The summed E-state index contributed by atoms with van der Waals surface area (Å²) < 4.78 is 10.3. The topological polar surface area (TPSA) is 47.6 Å². The molecule has 1 N–H and O–H groups in total. The molecular formula is C13H19Cl2NO3. The molecule has 6 heteroatoms. The van der Waals surface area contributed by atoms with Crippen LogP contribution in [0.3, 0.4) is 0 Å². The van der Waals surface area contributed by atoms with Gasteiger partial charge < -0.3 is 14.8 Å². The summed E-state index contributed by atoms with van der Waals surface area (Å²) in [5, 5.41) is 3.55. The monoisotopic (exact) mass is 307 g/mol. The maximum absolute atomic E-state index is 11.6. The van der Waals surface area contributed by atoms with E-state index in [9.17, 15) is 4.79 Å². The maximum atomic E-state index is 11.6. The Balaban J connectivity index is 0.00000324. The minimum atomic E-state index is -0.442. The van der Waals surface area contributed by atoms with Gasteiger partial charge in [0.15, 0.2) is 0 Å². The van der Waals surface area contributed by atoms with Crippen LogP contribution in [0.4, 0.5) is 0 Å². The van der Waals surface area contributed by atoms with E-state index < -0.39 is 5.97 Å². The molecule has 0 radical (unpaired) electrons. The number of ether oxygens (including phenoxy) is 2. The molecule has 0 spiro atoms. The molecule has 4 nitrogen and oxygen atoms in total. The fourth-order valence-electron chi connectivity index (χ4n) is 1.48. The predicted octanol–water partition coefficient (Wildman–Crippen LogP) is 2.93. The third kappa shape index (κ3) is 6.14. The van der Waals surface area contributed by atoms with E-state index in [2.05, 4.69) is 10.1 Å². The molecule has 0 unspecified atom stereocenters. The molecule has 0 aliphatic heterocycles. The van der Waals surface area contributed by atoms with Crippen molar-refractivity contribution in [3.8, 4) is 5.75 Å². The van der Waals surface area contributed by atoms with Gasteiger partial charge in [-0.2, -0.15) is 0 Å². The lowest BCUT2D eigenvalue weighted by Gasteiger charge is -2.10. The Morgan fingerprint density at radius 2 is 2.11 bits per heavy atom. The molecule has 0 bridgehead atoms.